The first-order valence-electron chi connectivity index (χ1n) is 6.70. The second-order valence-corrected chi connectivity index (χ2v) is 5.30. The fourth-order valence-electron chi connectivity index (χ4n) is 3.06. The van der Waals surface area contributed by atoms with Crippen molar-refractivity contribution < 1.29 is 4.42 Å². The molecule has 0 spiro atoms. The summed E-state index contributed by atoms with van der Waals surface area (Å²) >= 11 is 0. The van der Waals surface area contributed by atoms with Crippen LogP contribution >= 0.6 is 0 Å². The van der Waals surface area contributed by atoms with E-state index in [1.807, 2.05) is 6.26 Å². The van der Waals surface area contributed by atoms with E-state index in [1.165, 1.54) is 43.4 Å². The van der Waals surface area contributed by atoms with Crippen molar-refractivity contribution in [1.82, 2.24) is 5.32 Å². The van der Waals surface area contributed by atoms with Crippen LogP contribution in [0.5, 0.6) is 0 Å². The van der Waals surface area contributed by atoms with Crippen molar-refractivity contribution in [3.63, 3.8) is 0 Å². The van der Waals surface area contributed by atoms with Crippen LogP contribution in [-0.4, -0.2) is 6.04 Å². The topological polar surface area (TPSA) is 25.2 Å². The van der Waals surface area contributed by atoms with Gasteiger partial charge in [0.1, 0.15) is 5.76 Å². The summed E-state index contributed by atoms with van der Waals surface area (Å²) in [6.07, 6.45) is 9.63. The van der Waals surface area contributed by atoms with E-state index in [0.29, 0.717) is 6.04 Å². The summed E-state index contributed by atoms with van der Waals surface area (Å²) in [5.74, 6) is 2.17. The lowest BCUT2D eigenvalue weighted by Crippen LogP contribution is -2.27. The first-order chi connectivity index (χ1) is 7.88. The molecule has 0 bridgehead atoms. The molecule has 2 heteroatoms. The lowest BCUT2D eigenvalue weighted by atomic mass is 9.93. The largest absolute Gasteiger partial charge is 0.469 e. The second kappa shape index (κ2) is 4.25. The highest BCUT2D eigenvalue weighted by Crippen LogP contribution is 2.39. The Hall–Kier alpha value is -0.760. The van der Waals surface area contributed by atoms with Crippen LogP contribution in [0.25, 0.3) is 0 Å². The molecule has 1 aromatic heterocycles. The Morgan fingerprint density at radius 2 is 2.44 bits per heavy atom. The van der Waals surface area contributed by atoms with Gasteiger partial charge in [-0.2, -0.15) is 0 Å². The molecular formula is C14H21NO. The van der Waals surface area contributed by atoms with E-state index in [0.717, 1.165) is 18.4 Å². The minimum atomic E-state index is 0.564. The van der Waals surface area contributed by atoms with Crippen LogP contribution in [-0.2, 0) is 6.42 Å². The molecule has 2 nitrogen and oxygen atoms in total. The maximum Gasteiger partial charge on any atom is 0.108 e. The maximum atomic E-state index is 5.52. The van der Waals surface area contributed by atoms with Gasteiger partial charge in [-0.25, -0.2) is 0 Å². The standard InChI is InChI=1S/C14H21NO/c1-2-4-10-9-13(10)15-12-5-3-6-14-11(12)7-8-16-14/h7-8,10,12-13,15H,2-6,9H2,1H3. The van der Waals surface area contributed by atoms with Crippen LogP contribution in [0.3, 0.4) is 0 Å². The summed E-state index contributed by atoms with van der Waals surface area (Å²) in [5, 5.41) is 3.81. The average Bonchev–Trinajstić information content (AvgIpc) is 2.83. The lowest BCUT2D eigenvalue weighted by molar-refractivity contribution is 0.402. The molecule has 3 rings (SSSR count). The number of hydrogen-bond donors (Lipinski definition) is 1. The third-order valence-corrected chi connectivity index (χ3v) is 4.05. The van der Waals surface area contributed by atoms with Gasteiger partial charge in [-0.15, -0.1) is 0 Å². The molecule has 2 aliphatic rings. The van der Waals surface area contributed by atoms with Gasteiger partial charge < -0.3 is 9.73 Å². The molecule has 1 fully saturated rings. The first-order valence-corrected chi connectivity index (χ1v) is 6.70. The lowest BCUT2D eigenvalue weighted by Gasteiger charge is -2.23. The number of rotatable bonds is 4. The van der Waals surface area contributed by atoms with E-state index in [4.69, 9.17) is 4.42 Å². The SMILES string of the molecule is CCCC1CC1NC1CCCc2occc21. The molecule has 0 saturated heterocycles. The molecule has 1 N–H and O–H groups in total. The van der Waals surface area contributed by atoms with Crippen LogP contribution in [0.1, 0.15) is 56.4 Å². The van der Waals surface area contributed by atoms with Crippen LogP contribution in [0.4, 0.5) is 0 Å². The predicted molar refractivity (Wildman–Crippen MR) is 64.3 cm³/mol. The Balaban J connectivity index is 1.61. The van der Waals surface area contributed by atoms with E-state index in [2.05, 4.69) is 18.3 Å². The Morgan fingerprint density at radius 3 is 3.31 bits per heavy atom. The Kier molecular flexibility index (Phi) is 2.76. The zero-order chi connectivity index (χ0) is 11.0. The molecule has 3 atom stereocenters. The minimum absolute atomic E-state index is 0.564. The van der Waals surface area contributed by atoms with Crippen LogP contribution < -0.4 is 5.32 Å². The molecule has 1 heterocycles. The maximum absolute atomic E-state index is 5.52. The van der Waals surface area contributed by atoms with Gasteiger partial charge in [-0.05, 0) is 37.7 Å². The molecule has 1 saturated carbocycles. The second-order valence-electron chi connectivity index (χ2n) is 5.30. The zero-order valence-corrected chi connectivity index (χ0v) is 10.0. The third-order valence-electron chi connectivity index (χ3n) is 4.05. The van der Waals surface area contributed by atoms with Gasteiger partial charge in [-0.1, -0.05) is 13.3 Å². The highest BCUT2D eigenvalue weighted by atomic mass is 16.3. The highest BCUT2D eigenvalue weighted by molar-refractivity contribution is 5.24. The van der Waals surface area contributed by atoms with Crippen molar-refractivity contribution in [2.24, 2.45) is 5.92 Å². The van der Waals surface area contributed by atoms with E-state index in [1.54, 1.807) is 0 Å². The molecule has 88 valence electrons. The van der Waals surface area contributed by atoms with Crippen molar-refractivity contribution >= 4 is 0 Å². The molecule has 2 aliphatic carbocycles. The van der Waals surface area contributed by atoms with E-state index in [-0.39, 0.29) is 0 Å². The van der Waals surface area contributed by atoms with Crippen molar-refractivity contribution in [3.8, 4) is 0 Å². The van der Waals surface area contributed by atoms with E-state index < -0.39 is 0 Å². The van der Waals surface area contributed by atoms with Gasteiger partial charge in [0.2, 0.25) is 0 Å². The first kappa shape index (κ1) is 10.4. The summed E-state index contributed by atoms with van der Waals surface area (Å²) in [6.45, 7) is 2.28. The van der Waals surface area contributed by atoms with Gasteiger partial charge in [0.25, 0.3) is 0 Å². The molecule has 0 aliphatic heterocycles. The Morgan fingerprint density at radius 1 is 1.50 bits per heavy atom. The Labute approximate surface area is 97.4 Å². The van der Waals surface area contributed by atoms with Crippen LogP contribution in [0.15, 0.2) is 16.7 Å². The molecule has 0 radical (unpaired) electrons. The fourth-order valence-corrected chi connectivity index (χ4v) is 3.06. The number of nitrogens with one attached hydrogen (secondary N) is 1. The number of furan rings is 1. The quantitative estimate of drug-likeness (QED) is 0.839. The Bertz CT molecular complexity index is 357. The number of hydrogen-bond acceptors (Lipinski definition) is 2. The molecule has 0 aromatic carbocycles. The van der Waals surface area contributed by atoms with Crippen molar-refractivity contribution in [3.05, 3.63) is 23.7 Å². The highest BCUT2D eigenvalue weighted by Gasteiger charge is 2.38. The predicted octanol–water partition coefficient (Wildman–Crippen LogP) is 3.44. The summed E-state index contributed by atoms with van der Waals surface area (Å²) in [5.41, 5.74) is 1.42. The zero-order valence-electron chi connectivity index (χ0n) is 10.0. The third kappa shape index (κ3) is 1.91. The number of fused-ring (bicyclic) bond motifs is 1. The summed E-state index contributed by atoms with van der Waals surface area (Å²) in [4.78, 5) is 0. The monoisotopic (exact) mass is 219 g/mol. The van der Waals surface area contributed by atoms with Gasteiger partial charge >= 0.3 is 0 Å². The molecular weight excluding hydrogens is 198 g/mol. The summed E-state index contributed by atoms with van der Waals surface area (Å²) < 4.78 is 5.52. The molecule has 3 unspecified atom stereocenters. The van der Waals surface area contributed by atoms with Gasteiger partial charge in [0, 0.05) is 24.1 Å². The average molecular weight is 219 g/mol. The van der Waals surface area contributed by atoms with E-state index in [9.17, 15) is 0 Å². The van der Waals surface area contributed by atoms with Gasteiger partial charge in [0.15, 0.2) is 0 Å². The number of aryl methyl sites for hydroxylation is 1. The minimum Gasteiger partial charge on any atom is -0.469 e. The van der Waals surface area contributed by atoms with Gasteiger partial charge in [0.05, 0.1) is 6.26 Å². The van der Waals surface area contributed by atoms with Crippen molar-refractivity contribution in [2.45, 2.75) is 57.5 Å². The summed E-state index contributed by atoms with van der Waals surface area (Å²) in [6, 6.07) is 3.50. The smallest absolute Gasteiger partial charge is 0.108 e. The molecule has 16 heavy (non-hydrogen) atoms. The molecule has 0 amide bonds. The van der Waals surface area contributed by atoms with Crippen molar-refractivity contribution in [1.29, 1.82) is 0 Å². The fraction of sp³-hybridized carbons (Fsp3) is 0.714. The van der Waals surface area contributed by atoms with Gasteiger partial charge in [-0.3, -0.25) is 0 Å². The molecule has 1 aromatic rings. The van der Waals surface area contributed by atoms with Crippen LogP contribution in [0.2, 0.25) is 0 Å². The van der Waals surface area contributed by atoms with E-state index >= 15 is 0 Å². The van der Waals surface area contributed by atoms with Crippen LogP contribution in [0, 0.1) is 5.92 Å². The normalized spacial score (nSPS) is 32.4. The van der Waals surface area contributed by atoms with Crippen molar-refractivity contribution in [2.75, 3.05) is 0 Å². The summed E-state index contributed by atoms with van der Waals surface area (Å²) in [7, 11) is 0.